The Hall–Kier alpha value is -0.970. The van der Waals surface area contributed by atoms with Crippen LogP contribution in [0.4, 0.5) is 8.78 Å². The molecule has 0 unspecified atom stereocenters. The van der Waals surface area contributed by atoms with Crippen molar-refractivity contribution in [3.8, 4) is 0 Å². The number of aromatic nitrogens is 2. The Balaban J connectivity index is 2.03. The third-order valence-corrected chi connectivity index (χ3v) is 3.81. The first kappa shape index (κ1) is 9.27. The van der Waals surface area contributed by atoms with Gasteiger partial charge < -0.3 is 5.32 Å². The first-order valence-corrected chi connectivity index (χ1v) is 5.17. The molecule has 0 amide bonds. The van der Waals surface area contributed by atoms with Gasteiger partial charge >= 0.3 is 0 Å². The number of nitrogens with zero attached hydrogens (tertiary/aromatic N) is 2. The summed E-state index contributed by atoms with van der Waals surface area (Å²) in [5.41, 5.74) is -0.228. The Kier molecular flexibility index (Phi) is 1.60. The fourth-order valence-corrected chi connectivity index (χ4v) is 2.90. The molecule has 1 saturated carbocycles. The molecule has 2 fully saturated rings. The molecule has 0 radical (unpaired) electrons. The van der Waals surface area contributed by atoms with Crippen LogP contribution in [0, 0.1) is 5.92 Å². The van der Waals surface area contributed by atoms with E-state index >= 15 is 0 Å². The first-order chi connectivity index (χ1) is 7.09. The van der Waals surface area contributed by atoms with Crippen molar-refractivity contribution in [1.82, 2.24) is 15.1 Å². The molecule has 1 aliphatic heterocycles. The SMILES string of the molecule is Cn1cc([C@]23CCNC[C@H]2C3(F)F)cn1. The van der Waals surface area contributed by atoms with Crippen LogP contribution in [0.15, 0.2) is 12.4 Å². The van der Waals surface area contributed by atoms with Crippen molar-refractivity contribution in [3.63, 3.8) is 0 Å². The molecule has 0 bridgehead atoms. The lowest BCUT2D eigenvalue weighted by Gasteiger charge is -2.19. The van der Waals surface area contributed by atoms with Gasteiger partial charge in [-0.3, -0.25) is 4.68 Å². The van der Waals surface area contributed by atoms with E-state index < -0.39 is 17.3 Å². The molecule has 0 spiro atoms. The van der Waals surface area contributed by atoms with E-state index in [9.17, 15) is 8.78 Å². The van der Waals surface area contributed by atoms with Gasteiger partial charge in [0.2, 0.25) is 0 Å². The summed E-state index contributed by atoms with van der Waals surface area (Å²) in [5.74, 6) is -3.09. The van der Waals surface area contributed by atoms with E-state index in [0.29, 0.717) is 25.1 Å². The summed E-state index contributed by atoms with van der Waals surface area (Å²) >= 11 is 0. The minimum Gasteiger partial charge on any atom is -0.316 e. The van der Waals surface area contributed by atoms with E-state index in [1.54, 1.807) is 24.1 Å². The molecule has 3 nitrogen and oxygen atoms in total. The summed E-state index contributed by atoms with van der Waals surface area (Å²) < 4.78 is 29.1. The van der Waals surface area contributed by atoms with Crippen molar-refractivity contribution in [1.29, 1.82) is 0 Å². The summed E-state index contributed by atoms with van der Waals surface area (Å²) in [6.07, 6.45) is 3.81. The van der Waals surface area contributed by atoms with Crippen LogP contribution >= 0.6 is 0 Å². The minimum absolute atomic E-state index is 0.419. The molecular formula is C10H13F2N3. The van der Waals surface area contributed by atoms with Crippen molar-refractivity contribution in [2.24, 2.45) is 13.0 Å². The van der Waals surface area contributed by atoms with Gasteiger partial charge in [0.1, 0.15) is 0 Å². The number of hydrogen-bond donors (Lipinski definition) is 1. The van der Waals surface area contributed by atoms with E-state index in [-0.39, 0.29) is 0 Å². The molecule has 2 aliphatic rings. The highest BCUT2D eigenvalue weighted by molar-refractivity contribution is 5.40. The van der Waals surface area contributed by atoms with E-state index in [1.807, 2.05) is 0 Å². The van der Waals surface area contributed by atoms with Crippen LogP contribution in [0.2, 0.25) is 0 Å². The predicted octanol–water partition coefficient (Wildman–Crippen LogP) is 0.916. The number of fused-ring (bicyclic) bond motifs is 1. The van der Waals surface area contributed by atoms with Crippen molar-refractivity contribution >= 4 is 0 Å². The molecule has 1 aromatic rings. The van der Waals surface area contributed by atoms with Gasteiger partial charge in [0.25, 0.3) is 5.92 Å². The zero-order valence-corrected chi connectivity index (χ0v) is 8.50. The molecule has 1 saturated heterocycles. The third-order valence-electron chi connectivity index (χ3n) is 3.81. The monoisotopic (exact) mass is 213 g/mol. The van der Waals surface area contributed by atoms with Gasteiger partial charge in [-0.1, -0.05) is 0 Å². The van der Waals surface area contributed by atoms with Gasteiger partial charge in [0, 0.05) is 25.4 Å². The fraction of sp³-hybridized carbons (Fsp3) is 0.700. The van der Waals surface area contributed by atoms with Crippen molar-refractivity contribution in [2.45, 2.75) is 17.8 Å². The zero-order valence-electron chi connectivity index (χ0n) is 8.50. The average molecular weight is 213 g/mol. The van der Waals surface area contributed by atoms with Gasteiger partial charge in [-0.15, -0.1) is 0 Å². The van der Waals surface area contributed by atoms with Gasteiger partial charge in [-0.05, 0) is 13.0 Å². The number of aryl methyl sites for hydroxylation is 1. The third kappa shape index (κ3) is 0.942. The average Bonchev–Trinajstić information content (AvgIpc) is 2.56. The number of piperidine rings is 1. The Morgan fingerprint density at radius 1 is 1.60 bits per heavy atom. The van der Waals surface area contributed by atoms with Crippen LogP contribution in [0.25, 0.3) is 0 Å². The Morgan fingerprint density at radius 2 is 2.40 bits per heavy atom. The summed E-state index contributed by atoms with van der Waals surface area (Å²) in [6, 6.07) is 0. The van der Waals surface area contributed by atoms with Crippen LogP contribution in [-0.2, 0) is 12.5 Å². The van der Waals surface area contributed by atoms with E-state index in [4.69, 9.17) is 0 Å². The fourth-order valence-electron chi connectivity index (χ4n) is 2.90. The van der Waals surface area contributed by atoms with Crippen LogP contribution in [0.1, 0.15) is 12.0 Å². The molecule has 2 heterocycles. The normalized spacial score (nSPS) is 37.4. The molecule has 1 N–H and O–H groups in total. The van der Waals surface area contributed by atoms with Gasteiger partial charge in [-0.2, -0.15) is 5.10 Å². The molecule has 1 aliphatic carbocycles. The lowest BCUT2D eigenvalue weighted by molar-refractivity contribution is 0.0781. The minimum atomic E-state index is -2.56. The predicted molar refractivity (Wildman–Crippen MR) is 50.8 cm³/mol. The van der Waals surface area contributed by atoms with Crippen LogP contribution in [0.5, 0.6) is 0 Å². The maximum absolute atomic E-state index is 13.8. The number of nitrogens with one attached hydrogen (secondary N) is 1. The van der Waals surface area contributed by atoms with Crippen LogP contribution in [0.3, 0.4) is 0 Å². The zero-order chi connectivity index (χ0) is 10.7. The second-order valence-corrected chi connectivity index (χ2v) is 4.50. The summed E-state index contributed by atoms with van der Waals surface area (Å²) in [6.45, 7) is 1.09. The number of halogens is 2. The van der Waals surface area contributed by atoms with Gasteiger partial charge in [0.15, 0.2) is 0 Å². The summed E-state index contributed by atoms with van der Waals surface area (Å²) in [4.78, 5) is 0. The quantitative estimate of drug-likeness (QED) is 0.751. The van der Waals surface area contributed by atoms with E-state index in [0.717, 1.165) is 0 Å². The number of hydrogen-bond acceptors (Lipinski definition) is 2. The van der Waals surface area contributed by atoms with Crippen molar-refractivity contribution in [3.05, 3.63) is 18.0 Å². The number of rotatable bonds is 1. The second kappa shape index (κ2) is 2.58. The second-order valence-electron chi connectivity index (χ2n) is 4.50. The standard InChI is InChI=1S/C10H13F2N3/c1-15-6-7(4-14-15)9-2-3-13-5-8(9)10(9,11)12/h4,6,8,13H,2-3,5H2,1H3/t8-,9-/m1/s1. The summed E-state index contributed by atoms with van der Waals surface area (Å²) in [5, 5.41) is 7.02. The van der Waals surface area contributed by atoms with Crippen LogP contribution < -0.4 is 5.32 Å². The first-order valence-electron chi connectivity index (χ1n) is 5.17. The highest BCUT2D eigenvalue weighted by Gasteiger charge is 2.81. The smallest absolute Gasteiger partial charge is 0.263 e. The molecule has 5 heteroatoms. The molecule has 2 atom stereocenters. The summed E-state index contributed by atoms with van der Waals surface area (Å²) in [7, 11) is 1.76. The Bertz CT molecular complexity index is 401. The molecule has 15 heavy (non-hydrogen) atoms. The maximum Gasteiger partial charge on any atom is 0.263 e. The topological polar surface area (TPSA) is 29.9 Å². The molecule has 3 rings (SSSR count). The maximum atomic E-state index is 13.8. The Morgan fingerprint density at radius 3 is 3.00 bits per heavy atom. The van der Waals surface area contributed by atoms with Gasteiger partial charge in [-0.25, -0.2) is 8.78 Å². The van der Waals surface area contributed by atoms with Crippen LogP contribution in [-0.4, -0.2) is 28.8 Å². The van der Waals surface area contributed by atoms with E-state index in [1.165, 1.54) is 0 Å². The van der Waals surface area contributed by atoms with Crippen molar-refractivity contribution < 1.29 is 8.78 Å². The van der Waals surface area contributed by atoms with Crippen molar-refractivity contribution in [2.75, 3.05) is 13.1 Å². The highest BCUT2D eigenvalue weighted by atomic mass is 19.3. The van der Waals surface area contributed by atoms with E-state index in [2.05, 4.69) is 10.4 Å². The molecule has 82 valence electrons. The molecule has 0 aromatic carbocycles. The lowest BCUT2D eigenvalue weighted by Crippen LogP contribution is -2.31. The number of alkyl halides is 2. The molecular weight excluding hydrogens is 200 g/mol. The largest absolute Gasteiger partial charge is 0.316 e. The highest BCUT2D eigenvalue weighted by Crippen LogP contribution is 2.69. The Labute approximate surface area is 86.5 Å². The van der Waals surface area contributed by atoms with Gasteiger partial charge in [0.05, 0.1) is 17.5 Å². The molecule has 1 aromatic heterocycles. The lowest BCUT2D eigenvalue weighted by atomic mass is 9.90.